The number of likely N-dealkylation sites (N-methyl/N-ethyl adjacent to an activating group) is 1. The Labute approximate surface area is 86.3 Å². The van der Waals surface area contributed by atoms with Gasteiger partial charge in [-0.3, -0.25) is 9.69 Å². The van der Waals surface area contributed by atoms with E-state index in [1.54, 1.807) is 0 Å². The lowest BCUT2D eigenvalue weighted by atomic mass is 10.0. The average Bonchev–Trinajstić information content (AvgIpc) is 2.26. The monoisotopic (exact) mass is 193 g/mol. The Bertz CT molecular complexity index is 253. The second-order valence-electron chi connectivity index (χ2n) is 3.57. The number of allylic oxidation sites excluding steroid dienone is 2. The largest absolute Gasteiger partial charge is 0.300 e. The SMILES string of the molecule is C/C=C\CC(=O)C1=CCN(CC)CC1. The van der Waals surface area contributed by atoms with Gasteiger partial charge in [0.25, 0.3) is 0 Å². The van der Waals surface area contributed by atoms with Crippen LogP contribution in [-0.2, 0) is 4.79 Å². The summed E-state index contributed by atoms with van der Waals surface area (Å²) in [4.78, 5) is 14.0. The molecule has 14 heavy (non-hydrogen) atoms. The second-order valence-corrected chi connectivity index (χ2v) is 3.57. The normalized spacial score (nSPS) is 18.6. The first-order valence-corrected chi connectivity index (χ1v) is 5.33. The molecule has 0 aliphatic carbocycles. The van der Waals surface area contributed by atoms with Crippen molar-refractivity contribution in [2.45, 2.75) is 26.7 Å². The molecule has 0 fully saturated rings. The Morgan fingerprint density at radius 1 is 1.64 bits per heavy atom. The highest BCUT2D eigenvalue weighted by Crippen LogP contribution is 2.13. The standard InChI is InChI=1S/C12H19NO/c1-3-5-6-12(14)11-7-9-13(4-2)10-8-11/h3,5,7H,4,6,8-10H2,1-2H3/b5-3-. The summed E-state index contributed by atoms with van der Waals surface area (Å²) in [6.45, 7) is 7.14. The molecule has 1 rings (SSSR count). The van der Waals surface area contributed by atoms with Gasteiger partial charge >= 0.3 is 0 Å². The first-order chi connectivity index (χ1) is 6.77. The van der Waals surface area contributed by atoms with Crippen LogP contribution in [0.3, 0.4) is 0 Å². The molecule has 2 heteroatoms. The maximum atomic E-state index is 11.6. The van der Waals surface area contributed by atoms with E-state index in [0.717, 1.165) is 31.6 Å². The molecule has 2 nitrogen and oxygen atoms in total. The zero-order chi connectivity index (χ0) is 10.4. The van der Waals surface area contributed by atoms with Crippen molar-refractivity contribution in [1.29, 1.82) is 0 Å². The first-order valence-electron chi connectivity index (χ1n) is 5.33. The van der Waals surface area contributed by atoms with Gasteiger partial charge in [-0.1, -0.05) is 25.2 Å². The van der Waals surface area contributed by atoms with Gasteiger partial charge < -0.3 is 0 Å². The summed E-state index contributed by atoms with van der Waals surface area (Å²) in [5, 5.41) is 0. The number of carbonyl (C=O) groups excluding carboxylic acids is 1. The third-order valence-corrected chi connectivity index (χ3v) is 2.64. The van der Waals surface area contributed by atoms with Crippen molar-refractivity contribution in [2.75, 3.05) is 19.6 Å². The molecule has 0 aromatic carbocycles. The lowest BCUT2D eigenvalue weighted by Crippen LogP contribution is -2.29. The van der Waals surface area contributed by atoms with E-state index in [-0.39, 0.29) is 0 Å². The number of rotatable bonds is 4. The summed E-state index contributed by atoms with van der Waals surface area (Å²) in [5.41, 5.74) is 1.02. The van der Waals surface area contributed by atoms with Crippen molar-refractivity contribution in [3.05, 3.63) is 23.8 Å². The van der Waals surface area contributed by atoms with Gasteiger partial charge in [-0.25, -0.2) is 0 Å². The molecule has 0 spiro atoms. The molecule has 0 aromatic heterocycles. The molecule has 1 heterocycles. The summed E-state index contributed by atoms with van der Waals surface area (Å²) < 4.78 is 0. The maximum absolute atomic E-state index is 11.6. The van der Waals surface area contributed by atoms with Gasteiger partial charge in [0.2, 0.25) is 0 Å². The van der Waals surface area contributed by atoms with Crippen LogP contribution in [0.4, 0.5) is 0 Å². The molecule has 0 aromatic rings. The van der Waals surface area contributed by atoms with Gasteiger partial charge in [0.1, 0.15) is 0 Å². The summed E-state index contributed by atoms with van der Waals surface area (Å²) in [6, 6.07) is 0. The topological polar surface area (TPSA) is 20.3 Å². The summed E-state index contributed by atoms with van der Waals surface area (Å²) in [5.74, 6) is 0.291. The van der Waals surface area contributed by atoms with E-state index in [2.05, 4.69) is 17.9 Å². The quantitative estimate of drug-likeness (QED) is 0.638. The number of nitrogens with zero attached hydrogens (tertiary/aromatic N) is 1. The van der Waals surface area contributed by atoms with Gasteiger partial charge in [0.15, 0.2) is 5.78 Å². The third kappa shape index (κ3) is 3.11. The highest BCUT2D eigenvalue weighted by molar-refractivity contribution is 5.96. The Kier molecular flexibility index (Phi) is 4.60. The summed E-state index contributed by atoms with van der Waals surface area (Å²) >= 11 is 0. The fraction of sp³-hybridized carbons (Fsp3) is 0.583. The molecule has 0 atom stereocenters. The van der Waals surface area contributed by atoms with E-state index in [9.17, 15) is 4.79 Å². The Hall–Kier alpha value is -0.890. The molecule has 0 unspecified atom stereocenters. The van der Waals surface area contributed by atoms with Crippen molar-refractivity contribution in [3.8, 4) is 0 Å². The third-order valence-electron chi connectivity index (χ3n) is 2.64. The molecular weight excluding hydrogens is 174 g/mol. The minimum atomic E-state index is 0.291. The van der Waals surface area contributed by atoms with Crippen molar-refractivity contribution in [1.82, 2.24) is 4.90 Å². The van der Waals surface area contributed by atoms with E-state index in [1.807, 2.05) is 19.1 Å². The number of Topliss-reactive ketones (excluding diaryl/α,β-unsaturated/α-hetero) is 1. The second kappa shape index (κ2) is 5.76. The minimum Gasteiger partial charge on any atom is -0.300 e. The fourth-order valence-corrected chi connectivity index (χ4v) is 1.61. The van der Waals surface area contributed by atoms with Crippen LogP contribution in [0, 0.1) is 0 Å². The van der Waals surface area contributed by atoms with Gasteiger partial charge in [-0.05, 0) is 25.5 Å². The van der Waals surface area contributed by atoms with Crippen LogP contribution in [0.5, 0.6) is 0 Å². The maximum Gasteiger partial charge on any atom is 0.162 e. The molecule has 0 saturated heterocycles. The van der Waals surface area contributed by atoms with Crippen LogP contribution in [0.25, 0.3) is 0 Å². The smallest absolute Gasteiger partial charge is 0.162 e. The fourth-order valence-electron chi connectivity index (χ4n) is 1.61. The van der Waals surface area contributed by atoms with Crippen LogP contribution < -0.4 is 0 Å². The summed E-state index contributed by atoms with van der Waals surface area (Å²) in [6.07, 6.45) is 7.42. The number of hydrogen-bond donors (Lipinski definition) is 0. The minimum absolute atomic E-state index is 0.291. The van der Waals surface area contributed by atoms with Gasteiger partial charge in [0.05, 0.1) is 0 Å². The lowest BCUT2D eigenvalue weighted by molar-refractivity contribution is -0.115. The molecular formula is C12H19NO. The van der Waals surface area contributed by atoms with E-state index >= 15 is 0 Å². The molecule has 78 valence electrons. The van der Waals surface area contributed by atoms with Crippen LogP contribution in [-0.4, -0.2) is 30.3 Å². The van der Waals surface area contributed by atoms with E-state index < -0.39 is 0 Å². The molecule has 0 N–H and O–H groups in total. The molecule has 0 amide bonds. The number of carbonyl (C=O) groups is 1. The van der Waals surface area contributed by atoms with Gasteiger partial charge in [-0.15, -0.1) is 0 Å². The average molecular weight is 193 g/mol. The van der Waals surface area contributed by atoms with Gasteiger partial charge in [-0.2, -0.15) is 0 Å². The number of hydrogen-bond acceptors (Lipinski definition) is 2. The Balaban J connectivity index is 2.46. The predicted octanol–water partition coefficient (Wildman–Crippen LogP) is 2.17. The predicted molar refractivity (Wildman–Crippen MR) is 59.3 cm³/mol. The number of ketones is 1. The first kappa shape index (κ1) is 11.2. The highest BCUT2D eigenvalue weighted by atomic mass is 16.1. The molecule has 1 aliphatic rings. The van der Waals surface area contributed by atoms with Crippen molar-refractivity contribution >= 4 is 5.78 Å². The molecule has 0 saturated carbocycles. The van der Waals surface area contributed by atoms with Crippen molar-refractivity contribution < 1.29 is 4.79 Å². The molecule has 0 radical (unpaired) electrons. The summed E-state index contributed by atoms with van der Waals surface area (Å²) in [7, 11) is 0. The Morgan fingerprint density at radius 3 is 2.93 bits per heavy atom. The van der Waals surface area contributed by atoms with E-state index in [4.69, 9.17) is 0 Å². The van der Waals surface area contributed by atoms with E-state index in [1.165, 1.54) is 0 Å². The van der Waals surface area contributed by atoms with Crippen LogP contribution in [0.15, 0.2) is 23.8 Å². The zero-order valence-corrected chi connectivity index (χ0v) is 9.12. The van der Waals surface area contributed by atoms with E-state index in [0.29, 0.717) is 12.2 Å². The van der Waals surface area contributed by atoms with Crippen LogP contribution >= 0.6 is 0 Å². The van der Waals surface area contributed by atoms with Crippen molar-refractivity contribution in [3.63, 3.8) is 0 Å². The van der Waals surface area contributed by atoms with Gasteiger partial charge in [0, 0.05) is 19.5 Å². The van der Waals surface area contributed by atoms with Crippen LogP contribution in [0.2, 0.25) is 0 Å². The highest BCUT2D eigenvalue weighted by Gasteiger charge is 2.14. The molecule has 0 bridgehead atoms. The van der Waals surface area contributed by atoms with Crippen LogP contribution in [0.1, 0.15) is 26.7 Å². The lowest BCUT2D eigenvalue weighted by Gasteiger charge is -2.23. The molecule has 1 aliphatic heterocycles. The zero-order valence-electron chi connectivity index (χ0n) is 9.12. The van der Waals surface area contributed by atoms with Crippen molar-refractivity contribution in [2.24, 2.45) is 0 Å². The Morgan fingerprint density at radius 2 is 2.43 bits per heavy atom.